The molecule has 0 aliphatic carbocycles. The molecular formula is C9H13FN2O. The summed E-state index contributed by atoms with van der Waals surface area (Å²) in [6.07, 6.45) is 0.420. The highest BCUT2D eigenvalue weighted by Crippen LogP contribution is 2.18. The van der Waals surface area contributed by atoms with Gasteiger partial charge in [0.25, 0.3) is 0 Å². The molecule has 1 atom stereocenters. The van der Waals surface area contributed by atoms with Crippen molar-refractivity contribution in [2.24, 2.45) is 5.73 Å². The van der Waals surface area contributed by atoms with Gasteiger partial charge in [0.15, 0.2) is 0 Å². The van der Waals surface area contributed by atoms with E-state index in [1.165, 1.54) is 12.1 Å². The molecule has 0 unspecified atom stereocenters. The lowest BCUT2D eigenvalue weighted by atomic mass is 10.0. The van der Waals surface area contributed by atoms with Gasteiger partial charge >= 0.3 is 0 Å². The minimum Gasteiger partial charge on any atom is -0.396 e. The average Bonchev–Trinajstić information content (AvgIpc) is 2.10. The van der Waals surface area contributed by atoms with Crippen LogP contribution in [0.3, 0.4) is 0 Å². The molecule has 0 saturated heterocycles. The fourth-order valence-corrected chi connectivity index (χ4v) is 1.08. The highest BCUT2D eigenvalue weighted by atomic mass is 19.1. The van der Waals surface area contributed by atoms with Crippen molar-refractivity contribution in [2.75, 3.05) is 12.3 Å². The summed E-state index contributed by atoms with van der Waals surface area (Å²) in [5.41, 5.74) is 11.7. The fraction of sp³-hybridized carbons (Fsp3) is 0.333. The molecule has 1 rings (SSSR count). The molecule has 72 valence electrons. The van der Waals surface area contributed by atoms with E-state index < -0.39 is 5.82 Å². The molecule has 0 aliphatic heterocycles. The monoisotopic (exact) mass is 184 g/mol. The van der Waals surface area contributed by atoms with E-state index in [2.05, 4.69) is 0 Å². The maximum atomic E-state index is 12.9. The second-order valence-corrected chi connectivity index (χ2v) is 2.90. The number of anilines is 1. The molecule has 4 heteroatoms. The van der Waals surface area contributed by atoms with E-state index in [1.807, 2.05) is 0 Å². The molecule has 0 aliphatic rings. The molecule has 0 bridgehead atoms. The first-order valence-corrected chi connectivity index (χ1v) is 4.06. The highest BCUT2D eigenvalue weighted by molar-refractivity contribution is 5.41. The predicted molar refractivity (Wildman–Crippen MR) is 49.4 cm³/mol. The first-order chi connectivity index (χ1) is 6.15. The summed E-state index contributed by atoms with van der Waals surface area (Å²) in [5, 5.41) is 8.62. The lowest BCUT2D eigenvalue weighted by Crippen LogP contribution is -2.12. The number of nitrogen functional groups attached to an aromatic ring is 1. The van der Waals surface area contributed by atoms with Crippen molar-refractivity contribution in [2.45, 2.75) is 12.5 Å². The number of rotatable bonds is 3. The maximum Gasteiger partial charge on any atom is 0.146 e. The van der Waals surface area contributed by atoms with Crippen molar-refractivity contribution in [3.8, 4) is 0 Å². The van der Waals surface area contributed by atoms with Crippen LogP contribution in [-0.2, 0) is 0 Å². The van der Waals surface area contributed by atoms with Crippen LogP contribution in [0.25, 0.3) is 0 Å². The smallest absolute Gasteiger partial charge is 0.146 e. The molecule has 13 heavy (non-hydrogen) atoms. The Morgan fingerprint density at radius 3 is 2.69 bits per heavy atom. The van der Waals surface area contributed by atoms with Crippen molar-refractivity contribution < 1.29 is 9.50 Å². The molecule has 0 spiro atoms. The highest BCUT2D eigenvalue weighted by Gasteiger charge is 2.07. The molecular weight excluding hydrogens is 171 g/mol. The van der Waals surface area contributed by atoms with Gasteiger partial charge in [-0.1, -0.05) is 6.07 Å². The van der Waals surface area contributed by atoms with Gasteiger partial charge in [-0.25, -0.2) is 4.39 Å². The fourth-order valence-electron chi connectivity index (χ4n) is 1.08. The van der Waals surface area contributed by atoms with Crippen LogP contribution < -0.4 is 11.5 Å². The summed E-state index contributed by atoms with van der Waals surface area (Å²) in [6.45, 7) is -0.00678. The molecule has 0 heterocycles. The Kier molecular flexibility index (Phi) is 3.22. The van der Waals surface area contributed by atoms with Gasteiger partial charge in [0.05, 0.1) is 5.69 Å². The lowest BCUT2D eigenvalue weighted by molar-refractivity contribution is 0.276. The van der Waals surface area contributed by atoms with Crippen LogP contribution in [0, 0.1) is 5.82 Å². The van der Waals surface area contributed by atoms with Crippen LogP contribution in [0.4, 0.5) is 10.1 Å². The minimum absolute atomic E-state index is 0.00678. The Balaban J connectivity index is 2.84. The molecule has 1 aromatic carbocycles. The number of nitrogens with two attached hydrogens (primary N) is 2. The summed E-state index contributed by atoms with van der Waals surface area (Å²) < 4.78 is 12.9. The quantitative estimate of drug-likeness (QED) is 0.608. The predicted octanol–water partition coefficient (Wildman–Crippen LogP) is 0.790. The molecule has 1 aromatic rings. The lowest BCUT2D eigenvalue weighted by Gasteiger charge is -2.10. The topological polar surface area (TPSA) is 72.3 Å². The number of benzene rings is 1. The van der Waals surface area contributed by atoms with Crippen molar-refractivity contribution in [3.05, 3.63) is 29.6 Å². The standard InChI is InChI=1S/C9H13FN2O/c10-7-5-6(1-2-9(7)12)8(11)3-4-13/h1-2,5,8,13H,3-4,11-12H2/t8-/m1/s1. The number of hydrogen-bond donors (Lipinski definition) is 3. The van der Waals surface area contributed by atoms with Gasteiger partial charge in [0, 0.05) is 12.6 Å². The van der Waals surface area contributed by atoms with Crippen molar-refractivity contribution in [1.82, 2.24) is 0 Å². The van der Waals surface area contributed by atoms with Gasteiger partial charge in [-0.2, -0.15) is 0 Å². The van der Waals surface area contributed by atoms with Gasteiger partial charge in [0.1, 0.15) is 5.82 Å². The zero-order chi connectivity index (χ0) is 9.84. The zero-order valence-electron chi connectivity index (χ0n) is 7.20. The Hall–Kier alpha value is -1.13. The van der Waals surface area contributed by atoms with Crippen LogP contribution in [0.1, 0.15) is 18.0 Å². The van der Waals surface area contributed by atoms with Gasteiger partial charge < -0.3 is 16.6 Å². The van der Waals surface area contributed by atoms with E-state index in [0.29, 0.717) is 12.0 Å². The van der Waals surface area contributed by atoms with Gasteiger partial charge in [-0.15, -0.1) is 0 Å². The second-order valence-electron chi connectivity index (χ2n) is 2.90. The number of aliphatic hydroxyl groups is 1. The van der Waals surface area contributed by atoms with Crippen LogP contribution in [0.2, 0.25) is 0 Å². The van der Waals surface area contributed by atoms with E-state index >= 15 is 0 Å². The van der Waals surface area contributed by atoms with Crippen molar-refractivity contribution in [1.29, 1.82) is 0 Å². The normalized spacial score (nSPS) is 12.8. The van der Waals surface area contributed by atoms with E-state index in [-0.39, 0.29) is 18.3 Å². The maximum absolute atomic E-state index is 12.9. The third-order valence-corrected chi connectivity index (χ3v) is 1.89. The summed E-state index contributed by atoms with van der Waals surface area (Å²) in [7, 11) is 0. The molecule has 0 amide bonds. The summed E-state index contributed by atoms with van der Waals surface area (Å²) in [6, 6.07) is 4.11. The molecule has 0 fully saturated rings. The molecule has 0 radical (unpaired) electrons. The molecule has 0 saturated carbocycles. The Labute approximate surface area is 76.2 Å². The summed E-state index contributed by atoms with van der Waals surface area (Å²) in [5.74, 6) is -0.467. The first kappa shape index (κ1) is 9.95. The van der Waals surface area contributed by atoms with Gasteiger partial charge in [-0.05, 0) is 24.1 Å². The molecule has 0 aromatic heterocycles. The van der Waals surface area contributed by atoms with E-state index in [1.54, 1.807) is 6.07 Å². The first-order valence-electron chi connectivity index (χ1n) is 4.06. The third-order valence-electron chi connectivity index (χ3n) is 1.89. The van der Waals surface area contributed by atoms with E-state index in [4.69, 9.17) is 16.6 Å². The van der Waals surface area contributed by atoms with Crippen LogP contribution in [-0.4, -0.2) is 11.7 Å². The Morgan fingerprint density at radius 1 is 1.46 bits per heavy atom. The Bertz CT molecular complexity index is 291. The number of halogens is 1. The average molecular weight is 184 g/mol. The van der Waals surface area contributed by atoms with Crippen molar-refractivity contribution >= 4 is 5.69 Å². The zero-order valence-corrected chi connectivity index (χ0v) is 7.20. The third kappa shape index (κ3) is 2.40. The second kappa shape index (κ2) is 4.20. The van der Waals surface area contributed by atoms with Gasteiger partial charge in [0.2, 0.25) is 0 Å². The SMILES string of the molecule is Nc1ccc([C@H](N)CCO)cc1F. The summed E-state index contributed by atoms with van der Waals surface area (Å²) in [4.78, 5) is 0. The van der Waals surface area contributed by atoms with Crippen LogP contribution in [0.5, 0.6) is 0 Å². The summed E-state index contributed by atoms with van der Waals surface area (Å²) >= 11 is 0. The van der Waals surface area contributed by atoms with Gasteiger partial charge in [-0.3, -0.25) is 0 Å². The van der Waals surface area contributed by atoms with E-state index in [9.17, 15) is 4.39 Å². The van der Waals surface area contributed by atoms with E-state index in [0.717, 1.165) is 0 Å². The molecule has 5 N–H and O–H groups in total. The number of aliphatic hydroxyl groups excluding tert-OH is 1. The number of hydrogen-bond acceptors (Lipinski definition) is 3. The Morgan fingerprint density at radius 2 is 2.15 bits per heavy atom. The van der Waals surface area contributed by atoms with Crippen LogP contribution in [0.15, 0.2) is 18.2 Å². The minimum atomic E-state index is -0.467. The largest absolute Gasteiger partial charge is 0.396 e. The van der Waals surface area contributed by atoms with Crippen molar-refractivity contribution in [3.63, 3.8) is 0 Å². The molecule has 3 nitrogen and oxygen atoms in total. The van der Waals surface area contributed by atoms with Crippen LogP contribution >= 0.6 is 0 Å².